The second kappa shape index (κ2) is 5.20. The molecule has 1 heterocycles. The van der Waals surface area contributed by atoms with Gasteiger partial charge in [0.2, 0.25) is 0 Å². The molecular formula is C18H25NO2. The number of fused-ring (bicyclic) bond motifs is 1. The molecule has 0 amide bonds. The highest BCUT2D eigenvalue weighted by molar-refractivity contribution is 5.45. The lowest BCUT2D eigenvalue weighted by Crippen LogP contribution is -2.41. The van der Waals surface area contributed by atoms with Gasteiger partial charge in [0.1, 0.15) is 0 Å². The van der Waals surface area contributed by atoms with Gasteiger partial charge in [-0.15, -0.1) is 0 Å². The number of benzene rings is 1. The normalized spacial score (nSPS) is 32.5. The van der Waals surface area contributed by atoms with E-state index in [9.17, 15) is 0 Å². The minimum absolute atomic E-state index is 0.170. The van der Waals surface area contributed by atoms with Crippen LogP contribution in [0.4, 0.5) is 0 Å². The third kappa shape index (κ3) is 2.64. The van der Waals surface area contributed by atoms with E-state index in [0.717, 1.165) is 55.8 Å². The minimum atomic E-state index is -0.170. The molecule has 2 saturated carbocycles. The fourth-order valence-electron chi connectivity index (χ4n) is 4.06. The summed E-state index contributed by atoms with van der Waals surface area (Å²) >= 11 is 0. The van der Waals surface area contributed by atoms with E-state index in [1.54, 1.807) is 0 Å². The van der Waals surface area contributed by atoms with Crippen LogP contribution in [0.3, 0.4) is 0 Å². The van der Waals surface area contributed by atoms with Crippen molar-refractivity contribution in [1.82, 2.24) is 0 Å². The van der Waals surface area contributed by atoms with E-state index in [4.69, 9.17) is 15.2 Å². The monoisotopic (exact) mass is 287 g/mol. The zero-order valence-corrected chi connectivity index (χ0v) is 12.6. The molecular weight excluding hydrogens is 262 g/mol. The van der Waals surface area contributed by atoms with E-state index in [2.05, 4.69) is 12.1 Å². The third-order valence-electron chi connectivity index (χ3n) is 5.44. The molecule has 0 spiro atoms. The van der Waals surface area contributed by atoms with Gasteiger partial charge in [0.25, 0.3) is 0 Å². The summed E-state index contributed by atoms with van der Waals surface area (Å²) in [6.45, 7) is 1.47. The van der Waals surface area contributed by atoms with Crippen molar-refractivity contribution in [2.75, 3.05) is 13.2 Å². The third-order valence-corrected chi connectivity index (χ3v) is 5.44. The first-order valence-electron chi connectivity index (χ1n) is 8.44. The highest BCUT2D eigenvalue weighted by Gasteiger charge is 2.41. The zero-order valence-electron chi connectivity index (χ0n) is 12.6. The number of ether oxygens (including phenoxy) is 2. The quantitative estimate of drug-likeness (QED) is 0.904. The van der Waals surface area contributed by atoms with Crippen molar-refractivity contribution in [2.45, 2.75) is 50.5 Å². The molecule has 4 rings (SSSR count). The average molecular weight is 287 g/mol. The molecule has 2 fully saturated rings. The Labute approximate surface area is 126 Å². The van der Waals surface area contributed by atoms with Crippen LogP contribution in [-0.2, 0) is 5.54 Å². The minimum Gasteiger partial charge on any atom is -0.490 e. The van der Waals surface area contributed by atoms with Crippen molar-refractivity contribution in [3.8, 4) is 11.5 Å². The fraction of sp³-hybridized carbons (Fsp3) is 0.667. The first-order chi connectivity index (χ1) is 10.2. The van der Waals surface area contributed by atoms with Crippen molar-refractivity contribution >= 4 is 0 Å². The highest BCUT2D eigenvalue weighted by Crippen LogP contribution is 2.49. The molecule has 1 aromatic rings. The van der Waals surface area contributed by atoms with Gasteiger partial charge in [0.05, 0.1) is 13.2 Å². The van der Waals surface area contributed by atoms with Crippen LogP contribution in [0.2, 0.25) is 0 Å². The van der Waals surface area contributed by atoms with E-state index in [1.165, 1.54) is 31.2 Å². The van der Waals surface area contributed by atoms with Gasteiger partial charge >= 0.3 is 0 Å². The Balaban J connectivity index is 1.60. The smallest absolute Gasteiger partial charge is 0.161 e. The lowest BCUT2D eigenvalue weighted by molar-refractivity contribution is 0.206. The first-order valence-corrected chi connectivity index (χ1v) is 8.44. The fourth-order valence-corrected chi connectivity index (χ4v) is 4.06. The van der Waals surface area contributed by atoms with Gasteiger partial charge in [0.15, 0.2) is 11.5 Å². The molecule has 21 heavy (non-hydrogen) atoms. The molecule has 2 atom stereocenters. The molecule has 3 nitrogen and oxygen atoms in total. The van der Waals surface area contributed by atoms with Crippen molar-refractivity contribution in [3.05, 3.63) is 23.8 Å². The maximum absolute atomic E-state index is 6.81. The van der Waals surface area contributed by atoms with Crippen LogP contribution >= 0.6 is 0 Å². The van der Waals surface area contributed by atoms with Gasteiger partial charge in [-0.3, -0.25) is 0 Å². The predicted octanol–water partition coefficient (Wildman–Crippen LogP) is 3.60. The van der Waals surface area contributed by atoms with Crippen LogP contribution in [0.1, 0.15) is 50.5 Å². The second-order valence-corrected chi connectivity index (χ2v) is 7.06. The summed E-state index contributed by atoms with van der Waals surface area (Å²) in [7, 11) is 0. The van der Waals surface area contributed by atoms with Gasteiger partial charge in [-0.05, 0) is 55.2 Å². The Morgan fingerprint density at radius 1 is 0.952 bits per heavy atom. The standard InChI is InChI=1S/C18H25NO2/c19-18(8-1-3-14(12-18)13-4-5-13)15-6-7-16-17(11-15)21-10-2-9-20-16/h6-7,11,13-14H,1-5,8-10,12,19H2. The maximum atomic E-state index is 6.81. The molecule has 1 aliphatic heterocycles. The molecule has 114 valence electrons. The van der Waals surface area contributed by atoms with E-state index < -0.39 is 0 Å². The largest absolute Gasteiger partial charge is 0.490 e. The Morgan fingerprint density at radius 2 is 1.76 bits per heavy atom. The molecule has 0 saturated heterocycles. The lowest BCUT2D eigenvalue weighted by atomic mass is 9.71. The van der Waals surface area contributed by atoms with Crippen molar-refractivity contribution in [1.29, 1.82) is 0 Å². The Kier molecular flexibility index (Phi) is 3.33. The zero-order chi connectivity index (χ0) is 14.3. The summed E-state index contributed by atoms with van der Waals surface area (Å²) in [5.41, 5.74) is 7.88. The first kappa shape index (κ1) is 13.4. The summed E-state index contributed by atoms with van der Waals surface area (Å²) in [4.78, 5) is 0. The van der Waals surface area contributed by atoms with Gasteiger partial charge in [-0.1, -0.05) is 18.9 Å². The predicted molar refractivity (Wildman–Crippen MR) is 82.6 cm³/mol. The molecule has 3 aliphatic rings. The summed E-state index contributed by atoms with van der Waals surface area (Å²) in [6.07, 6.45) is 8.64. The maximum Gasteiger partial charge on any atom is 0.161 e. The summed E-state index contributed by atoms with van der Waals surface area (Å²) < 4.78 is 11.6. The summed E-state index contributed by atoms with van der Waals surface area (Å²) in [6, 6.07) is 6.34. The number of hydrogen-bond acceptors (Lipinski definition) is 3. The van der Waals surface area contributed by atoms with Crippen LogP contribution in [0, 0.1) is 11.8 Å². The highest BCUT2D eigenvalue weighted by atomic mass is 16.5. The van der Waals surface area contributed by atoms with Gasteiger partial charge in [0, 0.05) is 12.0 Å². The van der Waals surface area contributed by atoms with Crippen LogP contribution in [0.15, 0.2) is 18.2 Å². The van der Waals surface area contributed by atoms with E-state index in [0.29, 0.717) is 0 Å². The van der Waals surface area contributed by atoms with Crippen LogP contribution < -0.4 is 15.2 Å². The molecule has 1 aromatic carbocycles. The van der Waals surface area contributed by atoms with E-state index in [-0.39, 0.29) is 5.54 Å². The number of nitrogens with two attached hydrogens (primary N) is 1. The molecule has 0 bridgehead atoms. The Hall–Kier alpha value is -1.22. The van der Waals surface area contributed by atoms with Gasteiger partial charge in [-0.2, -0.15) is 0 Å². The molecule has 0 radical (unpaired) electrons. The lowest BCUT2D eigenvalue weighted by Gasteiger charge is -2.39. The number of hydrogen-bond donors (Lipinski definition) is 1. The van der Waals surface area contributed by atoms with E-state index in [1.807, 2.05) is 6.07 Å². The molecule has 2 N–H and O–H groups in total. The van der Waals surface area contributed by atoms with Gasteiger partial charge < -0.3 is 15.2 Å². The van der Waals surface area contributed by atoms with Crippen molar-refractivity contribution in [2.24, 2.45) is 17.6 Å². The molecule has 2 aliphatic carbocycles. The number of rotatable bonds is 2. The van der Waals surface area contributed by atoms with Crippen molar-refractivity contribution < 1.29 is 9.47 Å². The van der Waals surface area contributed by atoms with E-state index >= 15 is 0 Å². The SMILES string of the molecule is NC1(c2ccc3c(c2)OCCCO3)CCCC(C2CC2)C1. The Bertz CT molecular complexity index is 526. The van der Waals surface area contributed by atoms with Crippen LogP contribution in [-0.4, -0.2) is 13.2 Å². The summed E-state index contributed by atoms with van der Waals surface area (Å²) in [5, 5.41) is 0. The topological polar surface area (TPSA) is 44.5 Å². The summed E-state index contributed by atoms with van der Waals surface area (Å²) in [5.74, 6) is 3.53. The van der Waals surface area contributed by atoms with Crippen LogP contribution in [0.5, 0.6) is 11.5 Å². The van der Waals surface area contributed by atoms with Gasteiger partial charge in [-0.25, -0.2) is 0 Å². The molecule has 2 unspecified atom stereocenters. The average Bonchev–Trinajstić information content (AvgIpc) is 3.33. The second-order valence-electron chi connectivity index (χ2n) is 7.06. The molecule has 3 heteroatoms. The van der Waals surface area contributed by atoms with Crippen molar-refractivity contribution in [3.63, 3.8) is 0 Å². The van der Waals surface area contributed by atoms with Crippen LogP contribution in [0.25, 0.3) is 0 Å². The Morgan fingerprint density at radius 3 is 2.57 bits per heavy atom. The molecule has 0 aromatic heterocycles.